The van der Waals surface area contributed by atoms with Gasteiger partial charge in [0.25, 0.3) is 0 Å². The largest absolute Gasteiger partial charge is 0.386 e. The van der Waals surface area contributed by atoms with Gasteiger partial charge in [-0.25, -0.2) is 4.98 Å². The number of nitrogens with zero attached hydrogens (tertiary/aromatic N) is 6. The highest BCUT2D eigenvalue weighted by atomic mass is 32.1. The summed E-state index contributed by atoms with van der Waals surface area (Å²) in [7, 11) is 1.68. The van der Waals surface area contributed by atoms with Gasteiger partial charge in [-0.2, -0.15) is 0 Å². The zero-order chi connectivity index (χ0) is 22.8. The van der Waals surface area contributed by atoms with E-state index in [0.29, 0.717) is 13.2 Å². The molecule has 2 atom stereocenters. The standard InChI is InChI=1S/C23H30N6O3S/c1-15-20(14-31-2)33-23(24-15)21(30)16-4-3-7-29(13-16)22-18-6-5-17(12-19(18)25-27-26-22)28-8-10-32-11-9-28/h5-6,12,16,21,30H,3-4,7-11,13-14H2,1-2H3. The third-order valence-electron chi connectivity index (χ3n) is 6.53. The number of thiazole rings is 1. The van der Waals surface area contributed by atoms with Gasteiger partial charge in [0.1, 0.15) is 16.6 Å². The second-order valence-electron chi connectivity index (χ2n) is 8.70. The van der Waals surface area contributed by atoms with E-state index in [1.807, 2.05) is 6.92 Å². The van der Waals surface area contributed by atoms with Crippen molar-refractivity contribution < 1.29 is 14.6 Å². The summed E-state index contributed by atoms with van der Waals surface area (Å²) in [6.07, 6.45) is 1.33. The van der Waals surface area contributed by atoms with Crippen LogP contribution < -0.4 is 9.80 Å². The first-order valence-electron chi connectivity index (χ1n) is 11.5. The topological polar surface area (TPSA) is 96.7 Å². The minimum Gasteiger partial charge on any atom is -0.386 e. The molecule has 0 amide bonds. The molecule has 176 valence electrons. The van der Waals surface area contributed by atoms with Crippen molar-refractivity contribution in [1.29, 1.82) is 0 Å². The average molecular weight is 471 g/mol. The third kappa shape index (κ3) is 4.65. The number of methoxy groups -OCH3 is 1. The maximum absolute atomic E-state index is 11.1. The molecule has 2 aliphatic heterocycles. The van der Waals surface area contributed by atoms with E-state index in [1.54, 1.807) is 18.4 Å². The summed E-state index contributed by atoms with van der Waals surface area (Å²) in [5.41, 5.74) is 2.91. The summed E-state index contributed by atoms with van der Waals surface area (Å²) in [5, 5.41) is 25.7. The highest BCUT2D eigenvalue weighted by Gasteiger charge is 2.31. The van der Waals surface area contributed by atoms with E-state index in [0.717, 1.165) is 83.7 Å². The van der Waals surface area contributed by atoms with Crippen molar-refractivity contribution in [3.63, 3.8) is 0 Å². The maximum atomic E-state index is 11.1. The number of aryl methyl sites for hydroxylation is 1. The van der Waals surface area contributed by atoms with Crippen molar-refractivity contribution in [2.75, 3.05) is 56.3 Å². The summed E-state index contributed by atoms with van der Waals surface area (Å²) < 4.78 is 10.7. The van der Waals surface area contributed by atoms with Crippen molar-refractivity contribution in [3.8, 4) is 0 Å². The molecule has 1 aromatic carbocycles. The van der Waals surface area contributed by atoms with Gasteiger partial charge in [-0.1, -0.05) is 0 Å². The number of rotatable bonds is 6. The second kappa shape index (κ2) is 9.84. The summed E-state index contributed by atoms with van der Waals surface area (Å²) in [4.78, 5) is 10.2. The van der Waals surface area contributed by atoms with E-state index in [4.69, 9.17) is 9.47 Å². The number of anilines is 2. The molecule has 4 heterocycles. The molecule has 0 spiro atoms. The number of ether oxygens (including phenoxy) is 2. The lowest BCUT2D eigenvalue weighted by Gasteiger charge is -2.35. The van der Waals surface area contributed by atoms with Gasteiger partial charge >= 0.3 is 0 Å². The number of hydrogen-bond donors (Lipinski definition) is 1. The second-order valence-corrected chi connectivity index (χ2v) is 9.82. The average Bonchev–Trinajstić information content (AvgIpc) is 3.23. The first-order valence-corrected chi connectivity index (χ1v) is 12.3. The first-order chi connectivity index (χ1) is 16.1. The molecule has 0 bridgehead atoms. The van der Waals surface area contributed by atoms with E-state index < -0.39 is 6.10 Å². The molecule has 10 heteroatoms. The number of fused-ring (bicyclic) bond motifs is 1. The Kier molecular flexibility index (Phi) is 6.68. The van der Waals surface area contributed by atoms with Gasteiger partial charge < -0.3 is 24.4 Å². The molecule has 0 radical (unpaired) electrons. The fourth-order valence-electron chi connectivity index (χ4n) is 4.71. The Morgan fingerprint density at radius 2 is 2.06 bits per heavy atom. The number of aliphatic hydroxyl groups excluding tert-OH is 1. The molecule has 9 nitrogen and oxygen atoms in total. The normalized spacial score (nSPS) is 20.4. The zero-order valence-electron chi connectivity index (χ0n) is 19.1. The smallest absolute Gasteiger partial charge is 0.162 e. The number of aromatic nitrogens is 4. The van der Waals surface area contributed by atoms with E-state index in [2.05, 4.69) is 48.4 Å². The number of benzene rings is 1. The van der Waals surface area contributed by atoms with Crippen LogP contribution in [0.5, 0.6) is 0 Å². The van der Waals surface area contributed by atoms with Crippen LogP contribution in [0.2, 0.25) is 0 Å². The highest BCUT2D eigenvalue weighted by Crippen LogP contribution is 2.36. The van der Waals surface area contributed by atoms with Crippen molar-refractivity contribution in [2.45, 2.75) is 32.5 Å². The van der Waals surface area contributed by atoms with Crippen LogP contribution >= 0.6 is 11.3 Å². The van der Waals surface area contributed by atoms with Crippen molar-refractivity contribution in [1.82, 2.24) is 20.4 Å². The SMILES string of the molecule is COCc1sc(C(O)C2CCCN(c3nnnc4cc(N5CCOCC5)ccc34)C2)nc1C. The lowest BCUT2D eigenvalue weighted by atomic mass is 9.92. The molecule has 2 fully saturated rings. The summed E-state index contributed by atoms with van der Waals surface area (Å²) in [6, 6.07) is 6.32. The van der Waals surface area contributed by atoms with Crippen LogP contribution in [0.4, 0.5) is 11.5 Å². The van der Waals surface area contributed by atoms with Crippen LogP contribution in [0.15, 0.2) is 18.2 Å². The zero-order valence-corrected chi connectivity index (χ0v) is 19.9. The van der Waals surface area contributed by atoms with Crippen LogP contribution in [0.3, 0.4) is 0 Å². The molecule has 0 aliphatic carbocycles. The van der Waals surface area contributed by atoms with Gasteiger partial charge in [-0.15, -0.1) is 21.5 Å². The molecule has 2 saturated heterocycles. The fourth-order valence-corrected chi connectivity index (χ4v) is 5.83. The molecule has 2 aromatic heterocycles. The molecule has 33 heavy (non-hydrogen) atoms. The summed E-state index contributed by atoms with van der Waals surface area (Å²) in [6.45, 7) is 7.33. The van der Waals surface area contributed by atoms with Crippen LogP contribution in [-0.2, 0) is 16.1 Å². The van der Waals surface area contributed by atoms with Crippen LogP contribution in [0, 0.1) is 12.8 Å². The van der Waals surface area contributed by atoms with Gasteiger partial charge in [-0.05, 0) is 43.2 Å². The Bertz CT molecular complexity index is 1100. The molecule has 2 unspecified atom stereocenters. The Morgan fingerprint density at radius 1 is 1.21 bits per heavy atom. The molecule has 2 aliphatic rings. The molecular weight excluding hydrogens is 440 g/mol. The number of hydrogen-bond acceptors (Lipinski definition) is 10. The van der Waals surface area contributed by atoms with E-state index in [9.17, 15) is 5.11 Å². The Labute approximate surface area is 197 Å². The Hall–Kier alpha value is -2.40. The van der Waals surface area contributed by atoms with E-state index >= 15 is 0 Å². The molecule has 1 N–H and O–H groups in total. The van der Waals surface area contributed by atoms with Crippen LogP contribution in [-0.4, -0.2) is 72.0 Å². The minimum atomic E-state index is -0.601. The maximum Gasteiger partial charge on any atom is 0.162 e. The number of piperidine rings is 1. The van der Waals surface area contributed by atoms with E-state index in [-0.39, 0.29) is 5.92 Å². The predicted octanol–water partition coefficient (Wildman–Crippen LogP) is 2.72. The van der Waals surface area contributed by atoms with Crippen LogP contribution in [0.1, 0.15) is 34.5 Å². The van der Waals surface area contributed by atoms with Gasteiger partial charge in [0.2, 0.25) is 0 Å². The van der Waals surface area contributed by atoms with Crippen molar-refractivity contribution in [3.05, 3.63) is 33.8 Å². The highest BCUT2D eigenvalue weighted by molar-refractivity contribution is 7.11. The van der Waals surface area contributed by atoms with E-state index in [1.165, 1.54) is 0 Å². The Morgan fingerprint density at radius 3 is 2.88 bits per heavy atom. The van der Waals surface area contributed by atoms with Gasteiger partial charge in [0.15, 0.2) is 5.82 Å². The fraction of sp³-hybridized carbons (Fsp3) is 0.565. The monoisotopic (exact) mass is 470 g/mol. The van der Waals surface area contributed by atoms with Crippen molar-refractivity contribution >= 4 is 33.7 Å². The summed E-state index contributed by atoms with van der Waals surface area (Å²) in [5.74, 6) is 0.915. The van der Waals surface area contributed by atoms with Crippen LogP contribution in [0.25, 0.3) is 10.9 Å². The lowest BCUT2D eigenvalue weighted by molar-refractivity contribution is 0.0976. The van der Waals surface area contributed by atoms with Gasteiger partial charge in [0.05, 0.1) is 30.4 Å². The predicted molar refractivity (Wildman–Crippen MR) is 128 cm³/mol. The molecule has 0 saturated carbocycles. The molecular formula is C23H30N6O3S. The molecule has 5 rings (SSSR count). The number of aliphatic hydroxyl groups is 1. The number of morpholine rings is 1. The lowest BCUT2D eigenvalue weighted by Crippen LogP contribution is -2.38. The first kappa shape index (κ1) is 22.4. The van der Waals surface area contributed by atoms with Gasteiger partial charge in [-0.3, -0.25) is 0 Å². The Balaban J connectivity index is 1.36. The summed E-state index contributed by atoms with van der Waals surface area (Å²) >= 11 is 1.54. The van der Waals surface area contributed by atoms with Crippen molar-refractivity contribution in [2.24, 2.45) is 5.92 Å². The third-order valence-corrected chi connectivity index (χ3v) is 7.73. The minimum absolute atomic E-state index is 0.0809. The van der Waals surface area contributed by atoms with Gasteiger partial charge in [0, 0.05) is 50.3 Å². The quantitative estimate of drug-likeness (QED) is 0.583. The molecule has 3 aromatic rings.